The van der Waals surface area contributed by atoms with E-state index in [2.05, 4.69) is 51.5 Å². The predicted octanol–water partition coefficient (Wildman–Crippen LogP) is 4.36. The van der Waals surface area contributed by atoms with Crippen molar-refractivity contribution in [1.82, 2.24) is 15.1 Å². The number of nitrogens with zero attached hydrogens (tertiary/aromatic N) is 3. The summed E-state index contributed by atoms with van der Waals surface area (Å²) >= 11 is 0. The minimum absolute atomic E-state index is 0.0603. The average Bonchev–Trinajstić information content (AvgIpc) is 2.81. The highest BCUT2D eigenvalue weighted by Gasteiger charge is 2.16. The molecule has 4 rings (SSSR count). The molecule has 1 aliphatic heterocycles. The highest BCUT2D eigenvalue weighted by molar-refractivity contribution is 5.24. The molecule has 2 heterocycles. The molecule has 0 saturated carbocycles. The van der Waals surface area contributed by atoms with E-state index < -0.39 is 0 Å². The lowest BCUT2D eigenvalue weighted by atomic mass is 10.0. The number of likely N-dealkylation sites (tertiary alicyclic amines) is 1. The Balaban J connectivity index is 1.24. The summed E-state index contributed by atoms with van der Waals surface area (Å²) in [7, 11) is 0. The van der Waals surface area contributed by atoms with Crippen LogP contribution in [0.4, 0.5) is 0 Å². The van der Waals surface area contributed by atoms with Crippen LogP contribution in [0.5, 0.6) is 5.88 Å². The summed E-state index contributed by atoms with van der Waals surface area (Å²) in [5.41, 5.74) is 4.72. The smallest absolute Gasteiger partial charge is 0.233 e. The van der Waals surface area contributed by atoms with Crippen LogP contribution in [0.25, 0.3) is 0 Å². The van der Waals surface area contributed by atoms with Crippen LogP contribution in [0.2, 0.25) is 0 Å². The first-order valence-electron chi connectivity index (χ1n) is 11.2. The molecule has 0 spiro atoms. The van der Waals surface area contributed by atoms with Gasteiger partial charge in [0.15, 0.2) is 0 Å². The summed E-state index contributed by atoms with van der Waals surface area (Å²) in [4.78, 5) is 2.42. The zero-order valence-corrected chi connectivity index (χ0v) is 18.2. The fourth-order valence-electron chi connectivity index (χ4n) is 3.94. The third kappa shape index (κ3) is 6.36. The molecular formula is C26H31N3O2. The molecule has 5 nitrogen and oxygen atoms in total. The lowest BCUT2D eigenvalue weighted by Crippen LogP contribution is -2.35. The fourth-order valence-corrected chi connectivity index (χ4v) is 3.94. The van der Waals surface area contributed by atoms with Gasteiger partial charge in [-0.05, 0) is 55.4 Å². The maximum atomic E-state index is 9.64. The minimum atomic E-state index is -0.116. The Bertz CT molecular complexity index is 921. The van der Waals surface area contributed by atoms with E-state index in [-0.39, 0.29) is 12.2 Å². The number of aliphatic hydroxyl groups is 1. The van der Waals surface area contributed by atoms with Crippen LogP contribution in [-0.2, 0) is 19.4 Å². The van der Waals surface area contributed by atoms with E-state index in [1.165, 1.54) is 11.1 Å². The maximum Gasteiger partial charge on any atom is 0.233 e. The van der Waals surface area contributed by atoms with Crippen molar-refractivity contribution >= 4 is 0 Å². The quantitative estimate of drug-likeness (QED) is 0.590. The van der Waals surface area contributed by atoms with Crippen LogP contribution >= 0.6 is 0 Å². The molecule has 0 amide bonds. The van der Waals surface area contributed by atoms with Crippen molar-refractivity contribution in [3.63, 3.8) is 0 Å². The topological polar surface area (TPSA) is 58.5 Å². The van der Waals surface area contributed by atoms with Gasteiger partial charge in [-0.15, -0.1) is 5.10 Å². The van der Waals surface area contributed by atoms with Crippen molar-refractivity contribution in [2.24, 2.45) is 0 Å². The van der Waals surface area contributed by atoms with Gasteiger partial charge >= 0.3 is 0 Å². The third-order valence-electron chi connectivity index (χ3n) is 5.92. The molecule has 162 valence electrons. The van der Waals surface area contributed by atoms with Crippen molar-refractivity contribution < 1.29 is 9.84 Å². The van der Waals surface area contributed by atoms with Gasteiger partial charge in [0.05, 0.1) is 11.8 Å². The van der Waals surface area contributed by atoms with E-state index >= 15 is 0 Å². The molecule has 1 aliphatic rings. The largest absolute Gasteiger partial charge is 0.469 e. The van der Waals surface area contributed by atoms with Crippen LogP contribution < -0.4 is 4.74 Å². The standard InChI is InChI=1S/C26H31N3O2/c1-20(23-5-3-2-4-6-23)31-26-14-13-24(27-28-26)12-11-21-7-9-22(10-8-21)19-29-17-15-25(30)16-18-29/h2-10,13-14,20,25,30H,11-12,15-19H2,1H3. The third-order valence-corrected chi connectivity index (χ3v) is 5.92. The zero-order valence-electron chi connectivity index (χ0n) is 18.2. The number of benzene rings is 2. The molecule has 1 fully saturated rings. The number of rotatable bonds is 8. The minimum Gasteiger partial charge on any atom is -0.469 e. The van der Waals surface area contributed by atoms with E-state index in [4.69, 9.17) is 4.74 Å². The number of hydrogen-bond acceptors (Lipinski definition) is 5. The first-order chi connectivity index (χ1) is 15.2. The van der Waals surface area contributed by atoms with Crippen LogP contribution in [-0.4, -0.2) is 39.4 Å². The molecule has 1 atom stereocenters. The molecular weight excluding hydrogens is 386 g/mol. The van der Waals surface area contributed by atoms with Crippen LogP contribution in [0.3, 0.4) is 0 Å². The van der Waals surface area contributed by atoms with Gasteiger partial charge in [0.25, 0.3) is 0 Å². The zero-order chi connectivity index (χ0) is 21.5. The van der Waals surface area contributed by atoms with Crippen molar-refractivity contribution in [2.45, 2.75) is 51.4 Å². The molecule has 1 unspecified atom stereocenters. The summed E-state index contributed by atoms with van der Waals surface area (Å²) in [5, 5.41) is 18.2. The second-order valence-electron chi connectivity index (χ2n) is 8.36. The Morgan fingerprint density at radius 3 is 2.29 bits per heavy atom. The molecule has 3 aromatic rings. The Kier molecular flexibility index (Phi) is 7.28. The summed E-state index contributed by atoms with van der Waals surface area (Å²) in [6, 6.07) is 22.9. The molecule has 1 N–H and O–H groups in total. The van der Waals surface area contributed by atoms with Crippen molar-refractivity contribution in [3.8, 4) is 5.88 Å². The first kappa shape index (κ1) is 21.5. The van der Waals surface area contributed by atoms with Gasteiger partial charge in [-0.25, -0.2) is 0 Å². The fraction of sp³-hybridized carbons (Fsp3) is 0.385. The second kappa shape index (κ2) is 10.5. The molecule has 0 aliphatic carbocycles. The Labute approximate surface area is 184 Å². The van der Waals surface area contributed by atoms with E-state index in [1.54, 1.807) is 0 Å². The number of piperidine rings is 1. The predicted molar refractivity (Wildman–Crippen MR) is 122 cm³/mol. The molecule has 31 heavy (non-hydrogen) atoms. The van der Waals surface area contributed by atoms with Gasteiger partial charge in [-0.1, -0.05) is 54.6 Å². The number of ether oxygens (including phenoxy) is 1. The molecule has 2 aromatic carbocycles. The second-order valence-corrected chi connectivity index (χ2v) is 8.36. The van der Waals surface area contributed by atoms with Crippen molar-refractivity contribution in [3.05, 3.63) is 89.1 Å². The molecule has 1 saturated heterocycles. The van der Waals surface area contributed by atoms with Gasteiger partial charge < -0.3 is 9.84 Å². The summed E-state index contributed by atoms with van der Waals surface area (Å²) in [6.45, 7) is 4.93. The number of hydrogen-bond donors (Lipinski definition) is 1. The number of aliphatic hydroxyl groups excluding tert-OH is 1. The summed E-state index contributed by atoms with van der Waals surface area (Å²) in [5.74, 6) is 0.551. The molecule has 0 bridgehead atoms. The Morgan fingerprint density at radius 2 is 1.61 bits per heavy atom. The van der Waals surface area contributed by atoms with Gasteiger partial charge in [-0.2, -0.15) is 5.10 Å². The van der Waals surface area contributed by atoms with E-state index in [0.29, 0.717) is 5.88 Å². The molecule has 5 heteroatoms. The Hall–Kier alpha value is -2.76. The lowest BCUT2D eigenvalue weighted by molar-refractivity contribution is 0.0792. The van der Waals surface area contributed by atoms with Gasteiger partial charge in [0.2, 0.25) is 5.88 Å². The first-order valence-corrected chi connectivity index (χ1v) is 11.2. The van der Waals surface area contributed by atoms with Gasteiger partial charge in [0, 0.05) is 25.7 Å². The average molecular weight is 418 g/mol. The summed E-state index contributed by atoms with van der Waals surface area (Å²) in [6.07, 6.45) is 3.38. The SMILES string of the molecule is CC(Oc1ccc(CCc2ccc(CN3CCC(O)CC3)cc2)nn1)c1ccccc1. The summed E-state index contributed by atoms with van der Waals surface area (Å²) < 4.78 is 5.91. The number of aromatic nitrogens is 2. The highest BCUT2D eigenvalue weighted by atomic mass is 16.5. The molecule has 1 aromatic heterocycles. The van der Waals surface area contributed by atoms with E-state index in [1.807, 2.05) is 37.3 Å². The monoisotopic (exact) mass is 417 g/mol. The lowest BCUT2D eigenvalue weighted by Gasteiger charge is -2.29. The van der Waals surface area contributed by atoms with Gasteiger partial charge in [-0.3, -0.25) is 4.90 Å². The van der Waals surface area contributed by atoms with Crippen molar-refractivity contribution in [2.75, 3.05) is 13.1 Å². The highest BCUT2D eigenvalue weighted by Crippen LogP contribution is 2.19. The van der Waals surface area contributed by atoms with Crippen molar-refractivity contribution in [1.29, 1.82) is 0 Å². The van der Waals surface area contributed by atoms with Gasteiger partial charge in [0.1, 0.15) is 6.10 Å². The van der Waals surface area contributed by atoms with Crippen LogP contribution in [0.1, 0.15) is 48.3 Å². The van der Waals surface area contributed by atoms with E-state index in [0.717, 1.165) is 56.6 Å². The number of aryl methyl sites for hydroxylation is 2. The normalized spacial score (nSPS) is 16.2. The van der Waals surface area contributed by atoms with E-state index in [9.17, 15) is 5.11 Å². The maximum absolute atomic E-state index is 9.64. The van der Waals surface area contributed by atoms with Crippen LogP contribution in [0.15, 0.2) is 66.7 Å². The Morgan fingerprint density at radius 1 is 0.903 bits per heavy atom. The van der Waals surface area contributed by atoms with Crippen LogP contribution in [0, 0.1) is 0 Å². The molecule has 0 radical (unpaired) electrons.